The highest BCUT2D eigenvalue weighted by atomic mass is 16.5. The third kappa shape index (κ3) is 4.05. The summed E-state index contributed by atoms with van der Waals surface area (Å²) >= 11 is 0. The van der Waals surface area contributed by atoms with Crippen molar-refractivity contribution in [3.05, 3.63) is 94.2 Å². The van der Waals surface area contributed by atoms with Gasteiger partial charge in [-0.15, -0.1) is 0 Å². The van der Waals surface area contributed by atoms with Crippen LogP contribution in [0.5, 0.6) is 0 Å². The number of hydrogen-bond donors (Lipinski definition) is 1. The van der Waals surface area contributed by atoms with Gasteiger partial charge in [-0.05, 0) is 48.2 Å². The van der Waals surface area contributed by atoms with Gasteiger partial charge in [-0.3, -0.25) is 4.90 Å². The lowest BCUT2D eigenvalue weighted by atomic mass is 9.87. The molecule has 0 amide bonds. The number of esters is 1. The molecule has 3 aromatic rings. The van der Waals surface area contributed by atoms with Crippen molar-refractivity contribution >= 4 is 11.8 Å². The molecule has 7 nitrogen and oxygen atoms in total. The van der Waals surface area contributed by atoms with E-state index < -0.39 is 6.10 Å². The Morgan fingerprint density at radius 2 is 2.03 bits per heavy atom. The van der Waals surface area contributed by atoms with Gasteiger partial charge in [0.1, 0.15) is 18.5 Å². The Hall–Kier alpha value is -3.73. The van der Waals surface area contributed by atoms with E-state index in [9.17, 15) is 9.90 Å². The van der Waals surface area contributed by atoms with Crippen LogP contribution in [0.15, 0.2) is 60.8 Å². The van der Waals surface area contributed by atoms with E-state index in [4.69, 9.17) is 10.00 Å². The smallest absolute Gasteiger partial charge is 0.338 e. The van der Waals surface area contributed by atoms with Crippen LogP contribution in [0.2, 0.25) is 0 Å². The predicted octanol–water partition coefficient (Wildman–Crippen LogP) is 3.70. The van der Waals surface area contributed by atoms with Crippen LogP contribution in [0.3, 0.4) is 0 Å². The second-order valence-electron chi connectivity index (χ2n) is 9.36. The first kappa shape index (κ1) is 23.0. The molecular formula is C28H28N4O3. The lowest BCUT2D eigenvalue weighted by molar-refractivity contribution is 0.0535. The number of carbonyl (C=O) groups excluding carboxylic acids is 1. The molecule has 0 aliphatic carbocycles. The molecule has 2 aliphatic rings. The van der Waals surface area contributed by atoms with Crippen LogP contribution in [-0.4, -0.2) is 47.6 Å². The van der Waals surface area contributed by atoms with Crippen molar-refractivity contribution in [2.45, 2.75) is 31.6 Å². The van der Waals surface area contributed by atoms with E-state index in [2.05, 4.69) is 33.0 Å². The molecule has 1 aromatic heterocycles. The van der Waals surface area contributed by atoms with Gasteiger partial charge in [0.2, 0.25) is 0 Å². The van der Waals surface area contributed by atoms with E-state index in [1.165, 1.54) is 5.56 Å². The maximum Gasteiger partial charge on any atom is 0.338 e. The zero-order valence-electron chi connectivity index (χ0n) is 19.9. The maximum atomic E-state index is 11.9. The summed E-state index contributed by atoms with van der Waals surface area (Å²) in [7, 11) is 2.04. The molecule has 0 radical (unpaired) electrons. The zero-order valence-corrected chi connectivity index (χ0v) is 19.9. The average Bonchev–Trinajstić information content (AvgIpc) is 3.49. The number of nitrogens with zero attached hydrogens (tertiary/aromatic N) is 4. The number of rotatable bonds is 6. The minimum atomic E-state index is -0.680. The number of fused-ring (bicyclic) bond motifs is 1. The summed E-state index contributed by atoms with van der Waals surface area (Å²) in [4.78, 5) is 20.9. The van der Waals surface area contributed by atoms with Gasteiger partial charge in [-0.2, -0.15) is 5.26 Å². The number of likely N-dealkylation sites (N-methyl/N-ethyl adjacent to an activating group) is 1. The van der Waals surface area contributed by atoms with Crippen molar-refractivity contribution in [1.29, 1.82) is 5.26 Å². The van der Waals surface area contributed by atoms with Crippen molar-refractivity contribution in [2.24, 2.45) is 0 Å². The number of cyclic esters (lactones) is 1. The number of ether oxygens (including phenoxy) is 1. The molecule has 5 rings (SSSR count). The first-order valence-corrected chi connectivity index (χ1v) is 11.8. The summed E-state index contributed by atoms with van der Waals surface area (Å²) in [6.07, 6.45) is 1.79. The molecule has 2 aromatic carbocycles. The monoisotopic (exact) mass is 468 g/mol. The topological polar surface area (TPSA) is 89.7 Å². The van der Waals surface area contributed by atoms with E-state index >= 15 is 0 Å². The number of pyridine rings is 1. The van der Waals surface area contributed by atoms with Gasteiger partial charge in [0.15, 0.2) is 0 Å². The minimum absolute atomic E-state index is 0.268. The van der Waals surface area contributed by atoms with E-state index in [-0.39, 0.29) is 18.1 Å². The number of aliphatic hydroxyl groups is 1. The molecule has 1 N–H and O–H groups in total. The molecule has 0 spiro atoms. The second kappa shape index (κ2) is 9.14. The molecule has 0 bridgehead atoms. The molecule has 2 atom stereocenters. The summed E-state index contributed by atoms with van der Waals surface area (Å²) in [5.74, 6) is 0.505. The fraction of sp³-hybridized carbons (Fsp3) is 0.321. The van der Waals surface area contributed by atoms with Crippen LogP contribution in [0.4, 0.5) is 5.82 Å². The highest BCUT2D eigenvalue weighted by Crippen LogP contribution is 2.40. The van der Waals surface area contributed by atoms with Crippen LogP contribution in [0.1, 0.15) is 50.7 Å². The number of likely N-dealkylation sites (tertiary alicyclic amines) is 1. The zero-order chi connectivity index (χ0) is 24.6. The molecular weight excluding hydrogens is 440 g/mol. The number of carbonyl (C=O) groups is 1. The van der Waals surface area contributed by atoms with Crippen molar-refractivity contribution in [2.75, 3.05) is 31.6 Å². The first-order valence-electron chi connectivity index (χ1n) is 11.8. The standard InChI is InChI=1S/C28H28N4O3/c1-19-22(9-10-23-24(19)17-35-27(23)34)25(33)16-32-13-12-28(18-32,21-6-4-3-5-7-21)31(2)26-11-8-20(14-29)15-30-26/h3-11,15,25,33H,12-13,16-18H2,1-2H3/t25-,28?/m0/s1. The Bertz CT molecular complexity index is 1290. The first-order chi connectivity index (χ1) is 16.9. The summed E-state index contributed by atoms with van der Waals surface area (Å²) in [5, 5.41) is 20.3. The Morgan fingerprint density at radius 1 is 1.23 bits per heavy atom. The van der Waals surface area contributed by atoms with Gasteiger partial charge in [-0.25, -0.2) is 9.78 Å². The van der Waals surface area contributed by atoms with Crippen LogP contribution < -0.4 is 4.90 Å². The number of β-amino-alcohol motifs (C(OH)–C–C–N with tert-alkyl or cyclic N) is 1. The molecule has 3 heterocycles. The molecule has 35 heavy (non-hydrogen) atoms. The Morgan fingerprint density at radius 3 is 2.74 bits per heavy atom. The van der Waals surface area contributed by atoms with E-state index in [1.54, 1.807) is 18.3 Å². The summed E-state index contributed by atoms with van der Waals surface area (Å²) in [5.41, 5.74) is 4.63. The van der Waals surface area contributed by atoms with Crippen molar-refractivity contribution in [3.8, 4) is 6.07 Å². The Kier molecular flexibility index (Phi) is 6.01. The number of hydrogen-bond acceptors (Lipinski definition) is 7. The Labute approximate surface area is 205 Å². The molecule has 1 unspecified atom stereocenters. The minimum Gasteiger partial charge on any atom is -0.457 e. The fourth-order valence-electron chi connectivity index (χ4n) is 5.42. The SMILES string of the molecule is Cc1c([C@@H](O)CN2CCC(c3ccccc3)(N(C)c3ccc(C#N)cn3)C2)ccc2c1COC2=O. The van der Waals surface area contributed by atoms with Gasteiger partial charge in [0.25, 0.3) is 0 Å². The van der Waals surface area contributed by atoms with Crippen LogP contribution in [0.25, 0.3) is 0 Å². The van der Waals surface area contributed by atoms with Crippen molar-refractivity contribution in [3.63, 3.8) is 0 Å². The lowest BCUT2D eigenvalue weighted by Gasteiger charge is -2.40. The molecule has 1 saturated heterocycles. The largest absolute Gasteiger partial charge is 0.457 e. The number of aliphatic hydroxyl groups excluding tert-OH is 1. The van der Waals surface area contributed by atoms with Gasteiger partial charge in [0.05, 0.1) is 22.8 Å². The number of benzene rings is 2. The van der Waals surface area contributed by atoms with Gasteiger partial charge in [-0.1, -0.05) is 36.4 Å². The third-order valence-corrected chi connectivity index (χ3v) is 7.50. The average molecular weight is 469 g/mol. The number of nitriles is 1. The summed E-state index contributed by atoms with van der Waals surface area (Å²) < 4.78 is 5.17. The van der Waals surface area contributed by atoms with Crippen LogP contribution in [0, 0.1) is 18.3 Å². The molecule has 0 saturated carbocycles. The van der Waals surface area contributed by atoms with Crippen molar-refractivity contribution < 1.29 is 14.6 Å². The summed E-state index contributed by atoms with van der Waals surface area (Å²) in [6, 6.07) is 19.8. The third-order valence-electron chi connectivity index (χ3n) is 7.50. The number of aromatic nitrogens is 1. The van der Waals surface area contributed by atoms with Crippen molar-refractivity contribution in [1.82, 2.24) is 9.88 Å². The molecule has 7 heteroatoms. The van der Waals surface area contributed by atoms with Gasteiger partial charge < -0.3 is 14.7 Å². The molecule has 178 valence electrons. The predicted molar refractivity (Wildman–Crippen MR) is 132 cm³/mol. The fourth-order valence-corrected chi connectivity index (χ4v) is 5.42. The van der Waals surface area contributed by atoms with Gasteiger partial charge in [0, 0.05) is 38.4 Å². The number of anilines is 1. The second-order valence-corrected chi connectivity index (χ2v) is 9.36. The molecule has 2 aliphatic heterocycles. The van der Waals surface area contributed by atoms with Gasteiger partial charge >= 0.3 is 5.97 Å². The maximum absolute atomic E-state index is 11.9. The summed E-state index contributed by atoms with van der Waals surface area (Å²) in [6.45, 7) is 4.24. The molecule has 1 fully saturated rings. The van der Waals surface area contributed by atoms with E-state index in [0.29, 0.717) is 17.7 Å². The normalized spacial score (nSPS) is 20.2. The lowest BCUT2D eigenvalue weighted by Crippen LogP contribution is -2.47. The Balaban J connectivity index is 1.40. The van der Waals surface area contributed by atoms with E-state index in [1.807, 2.05) is 44.3 Å². The highest BCUT2D eigenvalue weighted by Gasteiger charge is 2.44. The quantitative estimate of drug-likeness (QED) is 0.552. The highest BCUT2D eigenvalue weighted by molar-refractivity contribution is 5.93. The van der Waals surface area contributed by atoms with Crippen LogP contribution in [-0.2, 0) is 16.9 Å². The van der Waals surface area contributed by atoms with Crippen LogP contribution >= 0.6 is 0 Å². The van der Waals surface area contributed by atoms with E-state index in [0.717, 1.165) is 42.0 Å².